The number of halogens is 1. The molecule has 0 unspecified atom stereocenters. The average Bonchev–Trinajstić information content (AvgIpc) is 2.91. The first kappa shape index (κ1) is 20.6. The van der Waals surface area contributed by atoms with Crippen molar-refractivity contribution in [2.45, 2.75) is 44.6 Å². The van der Waals surface area contributed by atoms with Gasteiger partial charge in [-0.3, -0.25) is 14.5 Å². The Morgan fingerprint density at radius 3 is 2.50 bits per heavy atom. The van der Waals surface area contributed by atoms with Crippen molar-refractivity contribution < 1.29 is 18.8 Å². The van der Waals surface area contributed by atoms with Crippen LogP contribution in [0.25, 0.3) is 0 Å². The van der Waals surface area contributed by atoms with Crippen LogP contribution in [0.5, 0.6) is 0 Å². The number of hydrogen-bond acceptors (Lipinski definition) is 4. The van der Waals surface area contributed by atoms with Gasteiger partial charge in [-0.2, -0.15) is 0 Å². The number of nitrogens with zero attached hydrogens (tertiary/aromatic N) is 3. The molecule has 4 rings (SSSR count). The Hall–Kier alpha value is -2.64. The van der Waals surface area contributed by atoms with E-state index in [2.05, 4.69) is 17.1 Å². The molecule has 162 valence electrons. The third kappa shape index (κ3) is 4.00. The zero-order valence-electron chi connectivity index (χ0n) is 17.4. The van der Waals surface area contributed by atoms with Gasteiger partial charge in [0.15, 0.2) is 0 Å². The van der Waals surface area contributed by atoms with Crippen LogP contribution in [0, 0.1) is 11.7 Å². The molecule has 7 nitrogen and oxygen atoms in total. The van der Waals surface area contributed by atoms with Gasteiger partial charge >= 0.3 is 6.03 Å². The highest BCUT2D eigenvalue weighted by Gasteiger charge is 2.52. The van der Waals surface area contributed by atoms with Crippen molar-refractivity contribution in [2.75, 3.05) is 37.6 Å². The highest BCUT2D eigenvalue weighted by molar-refractivity contribution is 6.09. The topological polar surface area (TPSA) is 73.0 Å². The van der Waals surface area contributed by atoms with Crippen LogP contribution in [0.3, 0.4) is 0 Å². The maximum absolute atomic E-state index is 13.2. The Morgan fingerprint density at radius 1 is 1.10 bits per heavy atom. The first-order valence-corrected chi connectivity index (χ1v) is 10.8. The molecule has 2 heterocycles. The molecule has 1 saturated carbocycles. The number of carbonyl (C=O) groups excluding carboxylic acids is 3. The summed E-state index contributed by atoms with van der Waals surface area (Å²) in [6, 6.07) is 5.89. The fraction of sp³-hybridized carbons (Fsp3) is 0.591. The van der Waals surface area contributed by atoms with Crippen LogP contribution < -0.4 is 10.2 Å². The number of nitrogens with one attached hydrogen (secondary N) is 1. The highest BCUT2D eigenvalue weighted by atomic mass is 19.1. The lowest BCUT2D eigenvalue weighted by Crippen LogP contribution is -2.50. The van der Waals surface area contributed by atoms with Crippen molar-refractivity contribution in [3.05, 3.63) is 30.1 Å². The Balaban J connectivity index is 1.36. The second kappa shape index (κ2) is 8.24. The molecule has 1 aromatic rings. The summed E-state index contributed by atoms with van der Waals surface area (Å²) < 4.78 is 13.2. The summed E-state index contributed by atoms with van der Waals surface area (Å²) in [5.41, 5.74) is 0.107. The van der Waals surface area contributed by atoms with Gasteiger partial charge in [0.25, 0.3) is 5.91 Å². The van der Waals surface area contributed by atoms with E-state index in [1.165, 1.54) is 12.1 Å². The van der Waals surface area contributed by atoms with E-state index in [9.17, 15) is 18.8 Å². The third-order valence-electron chi connectivity index (χ3n) is 6.71. The summed E-state index contributed by atoms with van der Waals surface area (Å²) in [5.74, 6) is -0.183. The number of urea groups is 1. The molecule has 4 amide bonds. The molecule has 1 aliphatic carbocycles. The second-order valence-electron chi connectivity index (χ2n) is 8.78. The summed E-state index contributed by atoms with van der Waals surface area (Å²) in [7, 11) is 0. The van der Waals surface area contributed by atoms with Crippen molar-refractivity contribution in [3.8, 4) is 0 Å². The summed E-state index contributed by atoms with van der Waals surface area (Å²) >= 11 is 0. The number of amides is 4. The lowest BCUT2D eigenvalue weighted by atomic mass is 9.77. The molecule has 0 radical (unpaired) electrons. The van der Waals surface area contributed by atoms with E-state index in [-0.39, 0.29) is 24.2 Å². The van der Waals surface area contributed by atoms with E-state index in [4.69, 9.17) is 0 Å². The van der Waals surface area contributed by atoms with Crippen LogP contribution in [-0.4, -0.2) is 65.9 Å². The van der Waals surface area contributed by atoms with Gasteiger partial charge in [0.1, 0.15) is 17.9 Å². The summed E-state index contributed by atoms with van der Waals surface area (Å²) in [6.07, 6.45) is 3.85. The van der Waals surface area contributed by atoms with Gasteiger partial charge < -0.3 is 15.1 Å². The van der Waals surface area contributed by atoms with E-state index in [0.29, 0.717) is 38.4 Å². The van der Waals surface area contributed by atoms with Gasteiger partial charge in [-0.25, -0.2) is 9.18 Å². The molecule has 8 heteroatoms. The number of anilines is 1. The molecule has 30 heavy (non-hydrogen) atoms. The Labute approximate surface area is 176 Å². The highest BCUT2D eigenvalue weighted by Crippen LogP contribution is 2.36. The molecule has 1 N–H and O–H groups in total. The Kier molecular flexibility index (Phi) is 5.66. The van der Waals surface area contributed by atoms with Gasteiger partial charge in [-0.1, -0.05) is 6.92 Å². The summed E-state index contributed by atoms with van der Waals surface area (Å²) in [4.78, 5) is 43.3. The zero-order valence-corrected chi connectivity index (χ0v) is 17.4. The van der Waals surface area contributed by atoms with Gasteiger partial charge in [0, 0.05) is 31.9 Å². The van der Waals surface area contributed by atoms with Crippen molar-refractivity contribution in [1.29, 1.82) is 0 Å². The standard InChI is InChI=1S/C22H29FN4O3/c1-16-7-9-22(10-8-16)20(29)27(21(30)24-22)15-19(28)26-12-2-11-25(13-14-26)18-5-3-17(23)4-6-18/h3-6,16H,2,7-15H2,1H3,(H,24,30). The average molecular weight is 416 g/mol. The van der Waals surface area contributed by atoms with Crippen LogP contribution in [0.1, 0.15) is 39.0 Å². The van der Waals surface area contributed by atoms with Crippen LogP contribution >= 0.6 is 0 Å². The molecule has 3 aliphatic rings. The molecule has 2 saturated heterocycles. The SMILES string of the molecule is CC1CCC2(CC1)NC(=O)N(CC(=O)N1CCCN(c3ccc(F)cc3)CC1)C2=O. The van der Waals surface area contributed by atoms with Crippen molar-refractivity contribution in [3.63, 3.8) is 0 Å². The number of rotatable bonds is 3. The minimum atomic E-state index is -0.817. The van der Waals surface area contributed by atoms with Gasteiger partial charge in [0.05, 0.1) is 0 Å². The molecule has 1 aromatic carbocycles. The minimum Gasteiger partial charge on any atom is -0.370 e. The second-order valence-corrected chi connectivity index (χ2v) is 8.78. The monoisotopic (exact) mass is 416 g/mol. The van der Waals surface area contributed by atoms with Crippen LogP contribution in [0.4, 0.5) is 14.9 Å². The molecule has 0 bridgehead atoms. The van der Waals surface area contributed by atoms with E-state index in [1.54, 1.807) is 17.0 Å². The fourth-order valence-electron chi connectivity index (χ4n) is 4.73. The molecule has 1 spiro atoms. The molecule has 0 aromatic heterocycles. The van der Waals surface area contributed by atoms with E-state index in [1.807, 2.05) is 0 Å². The molecular formula is C22H29FN4O3. The lowest BCUT2D eigenvalue weighted by molar-refractivity contribution is -0.139. The molecule has 2 aliphatic heterocycles. The smallest absolute Gasteiger partial charge is 0.325 e. The van der Waals surface area contributed by atoms with Crippen molar-refractivity contribution in [2.24, 2.45) is 5.92 Å². The van der Waals surface area contributed by atoms with Gasteiger partial charge in [-0.15, -0.1) is 0 Å². The predicted octanol–water partition coefficient (Wildman–Crippen LogP) is 2.37. The number of hydrogen-bond donors (Lipinski definition) is 1. The first-order valence-electron chi connectivity index (χ1n) is 10.8. The van der Waals surface area contributed by atoms with Gasteiger partial charge in [-0.05, 0) is 62.3 Å². The molecular weight excluding hydrogens is 387 g/mol. The van der Waals surface area contributed by atoms with E-state index in [0.717, 1.165) is 36.4 Å². The van der Waals surface area contributed by atoms with Crippen LogP contribution in [-0.2, 0) is 9.59 Å². The normalized spacial score (nSPS) is 27.4. The van der Waals surface area contributed by atoms with E-state index >= 15 is 0 Å². The van der Waals surface area contributed by atoms with Crippen LogP contribution in [0.15, 0.2) is 24.3 Å². The number of carbonyl (C=O) groups is 3. The van der Waals surface area contributed by atoms with Crippen molar-refractivity contribution in [1.82, 2.24) is 15.1 Å². The van der Waals surface area contributed by atoms with Crippen molar-refractivity contribution >= 4 is 23.5 Å². The fourth-order valence-corrected chi connectivity index (χ4v) is 4.73. The summed E-state index contributed by atoms with van der Waals surface area (Å²) in [6.45, 7) is 4.41. The molecule has 3 fully saturated rings. The third-order valence-corrected chi connectivity index (χ3v) is 6.71. The first-order chi connectivity index (χ1) is 14.4. The quantitative estimate of drug-likeness (QED) is 0.768. The molecule has 0 atom stereocenters. The number of imide groups is 1. The predicted molar refractivity (Wildman–Crippen MR) is 110 cm³/mol. The largest absolute Gasteiger partial charge is 0.370 e. The Morgan fingerprint density at radius 2 is 1.80 bits per heavy atom. The van der Waals surface area contributed by atoms with Gasteiger partial charge in [0.2, 0.25) is 5.91 Å². The zero-order chi connectivity index (χ0) is 21.3. The maximum atomic E-state index is 13.2. The summed E-state index contributed by atoms with van der Waals surface area (Å²) in [5, 5.41) is 2.87. The van der Waals surface area contributed by atoms with Crippen LogP contribution in [0.2, 0.25) is 0 Å². The maximum Gasteiger partial charge on any atom is 0.325 e. The Bertz CT molecular complexity index is 820. The number of benzene rings is 1. The minimum absolute atomic E-state index is 0.208. The lowest BCUT2D eigenvalue weighted by Gasteiger charge is -2.33. The van der Waals surface area contributed by atoms with E-state index < -0.39 is 11.6 Å².